The topological polar surface area (TPSA) is 74.6 Å². The zero-order chi connectivity index (χ0) is 16.9. The third kappa shape index (κ3) is 1.87. The molecule has 10 heteroatoms. The minimum absolute atomic E-state index is 1.75. The lowest BCUT2D eigenvalue weighted by Crippen LogP contribution is -2.14. The summed E-state index contributed by atoms with van der Waals surface area (Å²) in [5.41, 5.74) is -3.83. The maximum atomic E-state index is 13.9. The molecule has 4 nitrogen and oxygen atoms in total. The summed E-state index contributed by atoms with van der Waals surface area (Å²) in [7, 11) is 0. The van der Waals surface area contributed by atoms with Crippen molar-refractivity contribution < 1.29 is 46.1 Å². The van der Waals surface area contributed by atoms with Crippen LogP contribution in [0.2, 0.25) is 0 Å². The van der Waals surface area contributed by atoms with Crippen LogP contribution in [0.25, 0.3) is 10.8 Å². The molecule has 0 radical (unpaired) electrons. The average Bonchev–Trinajstić information content (AvgIpc) is 2.41. The van der Waals surface area contributed by atoms with Crippen molar-refractivity contribution in [2.75, 3.05) is 0 Å². The molecule has 0 atom stereocenters. The highest BCUT2D eigenvalue weighted by molar-refractivity contribution is 6.06. The molecule has 22 heavy (non-hydrogen) atoms. The van der Waals surface area contributed by atoms with Gasteiger partial charge in [0.25, 0.3) is 0 Å². The fourth-order valence-corrected chi connectivity index (χ4v) is 1.92. The average molecular weight is 324 g/mol. The number of carboxylic acids is 2. The Bertz CT molecular complexity index is 861. The van der Waals surface area contributed by atoms with Gasteiger partial charge in [-0.2, -0.15) is 0 Å². The summed E-state index contributed by atoms with van der Waals surface area (Å²) in [6.07, 6.45) is 0. The molecule has 0 spiro atoms. The molecule has 2 N–H and O–H groups in total. The van der Waals surface area contributed by atoms with Crippen LogP contribution in [-0.2, 0) is 0 Å². The number of hydrogen-bond donors (Lipinski definition) is 2. The first-order valence-corrected chi connectivity index (χ1v) is 5.24. The molecule has 0 aliphatic carbocycles. The van der Waals surface area contributed by atoms with Gasteiger partial charge in [-0.05, 0) is 0 Å². The van der Waals surface area contributed by atoms with Crippen LogP contribution in [0.5, 0.6) is 0 Å². The maximum Gasteiger partial charge on any atom is 0.341 e. The minimum atomic E-state index is -2.47. The molecule has 0 aromatic heterocycles. The predicted octanol–water partition coefficient (Wildman–Crippen LogP) is 3.07. The summed E-state index contributed by atoms with van der Waals surface area (Å²) >= 11 is 0. The van der Waals surface area contributed by atoms with E-state index in [1.807, 2.05) is 0 Å². The number of halogens is 6. The van der Waals surface area contributed by atoms with E-state index >= 15 is 0 Å². The minimum Gasteiger partial charge on any atom is -0.478 e. The monoisotopic (exact) mass is 324 g/mol. The Morgan fingerprint density at radius 1 is 0.545 bits per heavy atom. The van der Waals surface area contributed by atoms with E-state index < -0.39 is 68.7 Å². The number of carboxylic acid groups (broad SMARTS) is 2. The first-order valence-electron chi connectivity index (χ1n) is 5.24. The summed E-state index contributed by atoms with van der Waals surface area (Å²) in [6, 6.07) is 0. The van der Waals surface area contributed by atoms with Crippen LogP contribution >= 0.6 is 0 Å². The molecule has 0 unspecified atom stereocenters. The Hall–Kier alpha value is -2.78. The van der Waals surface area contributed by atoms with Gasteiger partial charge in [0.1, 0.15) is 11.1 Å². The SMILES string of the molecule is O=C(O)c1c(F)c(F)c2c(C(=O)O)c(F)c(F)c(F)c2c1F. The van der Waals surface area contributed by atoms with Crippen LogP contribution in [-0.4, -0.2) is 22.2 Å². The molecule has 0 aliphatic rings. The Morgan fingerprint density at radius 2 is 0.955 bits per heavy atom. The Kier molecular flexibility index (Phi) is 3.47. The van der Waals surface area contributed by atoms with Gasteiger partial charge in [0, 0.05) is 5.39 Å². The zero-order valence-corrected chi connectivity index (χ0v) is 9.98. The van der Waals surface area contributed by atoms with E-state index in [1.165, 1.54) is 0 Å². The molecule has 0 aliphatic heterocycles. The van der Waals surface area contributed by atoms with Crippen LogP contribution < -0.4 is 0 Å². The zero-order valence-electron chi connectivity index (χ0n) is 9.98. The Labute approximate surface area is 116 Å². The third-order valence-electron chi connectivity index (χ3n) is 2.82. The number of aromatic carboxylic acids is 2. The first kappa shape index (κ1) is 15.6. The van der Waals surface area contributed by atoms with Crippen molar-refractivity contribution in [2.45, 2.75) is 0 Å². The number of rotatable bonds is 2. The molecule has 0 fully saturated rings. The number of hydrogen-bond acceptors (Lipinski definition) is 2. The highest BCUT2D eigenvalue weighted by Crippen LogP contribution is 2.35. The van der Waals surface area contributed by atoms with E-state index in [-0.39, 0.29) is 0 Å². The van der Waals surface area contributed by atoms with Crippen molar-refractivity contribution in [3.8, 4) is 0 Å². The van der Waals surface area contributed by atoms with Crippen LogP contribution in [0.3, 0.4) is 0 Å². The van der Waals surface area contributed by atoms with E-state index in [9.17, 15) is 35.9 Å². The van der Waals surface area contributed by atoms with Crippen molar-refractivity contribution in [2.24, 2.45) is 0 Å². The molecule has 2 rings (SSSR count). The number of carbonyl (C=O) groups is 2. The van der Waals surface area contributed by atoms with Crippen molar-refractivity contribution in [1.82, 2.24) is 0 Å². The molecule has 116 valence electrons. The molecule has 0 saturated heterocycles. The van der Waals surface area contributed by atoms with E-state index in [0.29, 0.717) is 0 Å². The van der Waals surface area contributed by atoms with E-state index in [2.05, 4.69) is 0 Å². The third-order valence-corrected chi connectivity index (χ3v) is 2.82. The molecule has 0 amide bonds. The lowest BCUT2D eigenvalue weighted by molar-refractivity contribution is 0.0679. The summed E-state index contributed by atoms with van der Waals surface area (Å²) < 4.78 is 81.5. The molecule has 0 heterocycles. The summed E-state index contributed by atoms with van der Waals surface area (Å²) in [5.74, 6) is -18.9. The Morgan fingerprint density at radius 3 is 1.41 bits per heavy atom. The van der Waals surface area contributed by atoms with Gasteiger partial charge in [0.2, 0.25) is 0 Å². The van der Waals surface area contributed by atoms with Gasteiger partial charge in [-0.25, -0.2) is 35.9 Å². The lowest BCUT2D eigenvalue weighted by Gasteiger charge is -2.11. The van der Waals surface area contributed by atoms with Crippen molar-refractivity contribution in [3.63, 3.8) is 0 Å². The highest BCUT2D eigenvalue weighted by atomic mass is 19.2. The molecule has 2 aromatic carbocycles. The van der Waals surface area contributed by atoms with Gasteiger partial charge < -0.3 is 10.2 Å². The van der Waals surface area contributed by atoms with Gasteiger partial charge in [-0.15, -0.1) is 0 Å². The largest absolute Gasteiger partial charge is 0.478 e. The molecule has 0 saturated carbocycles. The second-order valence-corrected chi connectivity index (χ2v) is 3.99. The van der Waals surface area contributed by atoms with Crippen molar-refractivity contribution >= 4 is 22.7 Å². The maximum absolute atomic E-state index is 13.9. The fourth-order valence-electron chi connectivity index (χ4n) is 1.92. The van der Waals surface area contributed by atoms with E-state index in [4.69, 9.17) is 10.2 Å². The second kappa shape index (κ2) is 4.90. The molecule has 0 bridgehead atoms. The molecular formula is C12H2F6O4. The van der Waals surface area contributed by atoms with Gasteiger partial charge in [0.05, 0.1) is 5.39 Å². The molecular weight excluding hydrogens is 322 g/mol. The van der Waals surface area contributed by atoms with Crippen LogP contribution in [0.4, 0.5) is 26.3 Å². The van der Waals surface area contributed by atoms with Gasteiger partial charge in [0.15, 0.2) is 34.9 Å². The lowest BCUT2D eigenvalue weighted by atomic mass is 9.98. The van der Waals surface area contributed by atoms with Crippen LogP contribution in [0.1, 0.15) is 20.7 Å². The summed E-state index contributed by atoms with van der Waals surface area (Å²) in [5, 5.41) is 13.7. The fraction of sp³-hybridized carbons (Fsp3) is 0. The Balaban J connectivity index is 3.28. The quantitative estimate of drug-likeness (QED) is 0.506. The second-order valence-electron chi connectivity index (χ2n) is 3.99. The normalized spacial score (nSPS) is 11.0. The van der Waals surface area contributed by atoms with Crippen molar-refractivity contribution in [1.29, 1.82) is 0 Å². The summed E-state index contributed by atoms with van der Waals surface area (Å²) in [6.45, 7) is 0. The van der Waals surface area contributed by atoms with Gasteiger partial charge in [-0.1, -0.05) is 0 Å². The standard InChI is InChI=1S/C12H2F6O4/c13-5-2-1(6(14)9(17)4(5)12(21)22)3(11(19)20)8(16)10(18)7(2)15/h(H,19,20)(H,21,22). The van der Waals surface area contributed by atoms with Crippen LogP contribution in [0, 0.1) is 34.9 Å². The first-order chi connectivity index (χ1) is 10.1. The van der Waals surface area contributed by atoms with Gasteiger partial charge in [-0.3, -0.25) is 0 Å². The number of benzene rings is 2. The van der Waals surface area contributed by atoms with Crippen LogP contribution in [0.15, 0.2) is 0 Å². The van der Waals surface area contributed by atoms with Gasteiger partial charge >= 0.3 is 11.9 Å². The van der Waals surface area contributed by atoms with Crippen molar-refractivity contribution in [3.05, 3.63) is 46.0 Å². The predicted molar refractivity (Wildman–Crippen MR) is 57.6 cm³/mol. The number of fused-ring (bicyclic) bond motifs is 1. The smallest absolute Gasteiger partial charge is 0.341 e. The highest BCUT2D eigenvalue weighted by Gasteiger charge is 2.34. The van der Waals surface area contributed by atoms with E-state index in [0.717, 1.165) is 0 Å². The van der Waals surface area contributed by atoms with E-state index in [1.54, 1.807) is 0 Å². The molecule has 2 aromatic rings. The summed E-state index contributed by atoms with van der Waals surface area (Å²) in [4.78, 5) is 21.5.